The molecule has 2 amide bonds. The van der Waals surface area contributed by atoms with E-state index in [1.54, 1.807) is 12.1 Å². The molecule has 6 heteroatoms. The van der Waals surface area contributed by atoms with Crippen LogP contribution >= 0.6 is 0 Å². The number of carbonyl (C=O) groups is 1. The van der Waals surface area contributed by atoms with Gasteiger partial charge in [-0.3, -0.25) is 0 Å². The fraction of sp³-hybridized carbons (Fsp3) is 0.611. The molecule has 2 rings (SSSR count). The fourth-order valence-corrected chi connectivity index (χ4v) is 3.13. The number of hydrogen-bond acceptors (Lipinski definition) is 3. The first-order valence-corrected chi connectivity index (χ1v) is 8.68. The molecule has 24 heavy (non-hydrogen) atoms. The zero-order valence-corrected chi connectivity index (χ0v) is 14.5. The van der Waals surface area contributed by atoms with Crippen molar-refractivity contribution in [2.75, 3.05) is 24.6 Å². The lowest BCUT2D eigenvalue weighted by molar-refractivity contribution is 0.214. The third-order valence-electron chi connectivity index (χ3n) is 4.51. The predicted octanol–water partition coefficient (Wildman–Crippen LogP) is 2.50. The van der Waals surface area contributed by atoms with Crippen LogP contribution in [0.5, 0.6) is 0 Å². The van der Waals surface area contributed by atoms with Crippen molar-refractivity contribution in [2.45, 2.75) is 45.2 Å². The van der Waals surface area contributed by atoms with Crippen LogP contribution in [0.2, 0.25) is 0 Å². The molecule has 5 nitrogen and oxygen atoms in total. The fourth-order valence-electron chi connectivity index (χ4n) is 3.13. The largest absolute Gasteiger partial charge is 0.396 e. The molecule has 1 saturated heterocycles. The molecule has 1 aliphatic heterocycles. The first kappa shape index (κ1) is 18.5. The maximum atomic E-state index is 13.9. The lowest BCUT2D eigenvalue weighted by Gasteiger charge is -2.35. The van der Waals surface area contributed by atoms with Gasteiger partial charge in [-0.2, -0.15) is 0 Å². The second-order valence-corrected chi connectivity index (χ2v) is 6.72. The highest BCUT2D eigenvalue weighted by Crippen LogP contribution is 2.22. The summed E-state index contributed by atoms with van der Waals surface area (Å²) in [5, 5.41) is 15.0. The smallest absolute Gasteiger partial charge is 0.315 e. The topological polar surface area (TPSA) is 64.6 Å². The molecule has 134 valence electrons. The number of rotatable bonds is 6. The van der Waals surface area contributed by atoms with Crippen molar-refractivity contribution in [2.24, 2.45) is 5.92 Å². The predicted molar refractivity (Wildman–Crippen MR) is 93.6 cm³/mol. The van der Waals surface area contributed by atoms with E-state index in [4.69, 9.17) is 5.11 Å². The first-order valence-electron chi connectivity index (χ1n) is 8.68. The van der Waals surface area contributed by atoms with Crippen LogP contribution in [0.1, 0.15) is 33.1 Å². The highest BCUT2D eigenvalue weighted by Gasteiger charge is 2.24. The van der Waals surface area contributed by atoms with Crippen LogP contribution in [0.3, 0.4) is 0 Å². The number of anilines is 1. The summed E-state index contributed by atoms with van der Waals surface area (Å²) >= 11 is 0. The Morgan fingerprint density at radius 1 is 1.42 bits per heavy atom. The van der Waals surface area contributed by atoms with Crippen LogP contribution < -0.4 is 15.5 Å². The molecule has 1 aliphatic rings. The second-order valence-electron chi connectivity index (χ2n) is 6.72. The number of piperidine rings is 1. The van der Waals surface area contributed by atoms with E-state index in [-0.39, 0.29) is 36.5 Å². The SMILES string of the molecule is CC(C)C(CCO)NC(=O)NC1CCCN(c2ccccc2F)C1. The number of nitrogens with zero attached hydrogens (tertiary/aromatic N) is 1. The van der Waals surface area contributed by atoms with E-state index in [9.17, 15) is 9.18 Å². The number of aliphatic hydroxyl groups is 1. The maximum Gasteiger partial charge on any atom is 0.315 e. The average Bonchev–Trinajstić information content (AvgIpc) is 2.55. The van der Waals surface area contributed by atoms with Gasteiger partial charge >= 0.3 is 6.03 Å². The molecule has 0 bridgehead atoms. The van der Waals surface area contributed by atoms with Crippen molar-refractivity contribution in [1.82, 2.24) is 10.6 Å². The molecule has 1 fully saturated rings. The van der Waals surface area contributed by atoms with Crippen LogP contribution in [0.15, 0.2) is 24.3 Å². The number of carbonyl (C=O) groups excluding carboxylic acids is 1. The van der Waals surface area contributed by atoms with E-state index in [1.807, 2.05) is 24.8 Å². The van der Waals surface area contributed by atoms with Crippen LogP contribution in [0, 0.1) is 11.7 Å². The Morgan fingerprint density at radius 3 is 2.83 bits per heavy atom. The summed E-state index contributed by atoms with van der Waals surface area (Å²) in [6.07, 6.45) is 2.32. The quantitative estimate of drug-likeness (QED) is 0.747. The summed E-state index contributed by atoms with van der Waals surface area (Å²) in [5.41, 5.74) is 0.588. The monoisotopic (exact) mass is 337 g/mol. The minimum Gasteiger partial charge on any atom is -0.396 e. The molecular formula is C18H28FN3O2. The van der Waals surface area contributed by atoms with E-state index in [2.05, 4.69) is 10.6 Å². The standard InChI is InChI=1S/C18H28FN3O2/c1-13(2)16(9-11-23)21-18(24)20-14-6-5-10-22(12-14)17-8-4-3-7-15(17)19/h3-4,7-8,13-14,16,23H,5-6,9-12H2,1-2H3,(H2,20,21,24). The molecular weight excluding hydrogens is 309 g/mol. The molecule has 0 aromatic heterocycles. The van der Waals surface area contributed by atoms with Crippen LogP contribution in [0.25, 0.3) is 0 Å². The Hall–Kier alpha value is -1.82. The Labute approximate surface area is 143 Å². The van der Waals surface area contributed by atoms with Gasteiger partial charge in [-0.25, -0.2) is 9.18 Å². The van der Waals surface area contributed by atoms with Crippen molar-refractivity contribution >= 4 is 11.7 Å². The summed E-state index contributed by atoms with van der Waals surface area (Å²) in [7, 11) is 0. The number of halogens is 1. The molecule has 3 N–H and O–H groups in total. The lowest BCUT2D eigenvalue weighted by Crippen LogP contribution is -2.53. The number of aliphatic hydroxyl groups excluding tert-OH is 1. The Balaban J connectivity index is 1.90. The molecule has 0 aliphatic carbocycles. The number of para-hydroxylation sites is 1. The molecule has 1 aromatic carbocycles. The third kappa shape index (κ3) is 5.09. The summed E-state index contributed by atoms with van der Waals surface area (Å²) in [5.74, 6) is 0.0228. The minimum absolute atomic E-state index is 0.0136. The van der Waals surface area contributed by atoms with E-state index >= 15 is 0 Å². The van der Waals surface area contributed by atoms with Crippen molar-refractivity contribution in [3.05, 3.63) is 30.1 Å². The number of amides is 2. The summed E-state index contributed by atoms with van der Waals surface area (Å²) in [4.78, 5) is 14.2. The van der Waals surface area contributed by atoms with Crippen molar-refractivity contribution in [3.8, 4) is 0 Å². The summed E-state index contributed by atoms with van der Waals surface area (Å²) in [6, 6.07) is 6.45. The summed E-state index contributed by atoms with van der Waals surface area (Å²) in [6.45, 7) is 5.47. The van der Waals surface area contributed by atoms with Crippen molar-refractivity contribution in [1.29, 1.82) is 0 Å². The van der Waals surface area contributed by atoms with Crippen molar-refractivity contribution < 1.29 is 14.3 Å². The zero-order valence-electron chi connectivity index (χ0n) is 14.5. The maximum absolute atomic E-state index is 13.9. The summed E-state index contributed by atoms with van der Waals surface area (Å²) < 4.78 is 13.9. The van der Waals surface area contributed by atoms with E-state index in [0.29, 0.717) is 18.7 Å². The molecule has 2 unspecified atom stereocenters. The van der Waals surface area contributed by atoms with Gasteiger partial charge in [-0.1, -0.05) is 26.0 Å². The van der Waals surface area contributed by atoms with Gasteiger partial charge in [0, 0.05) is 31.8 Å². The van der Waals surface area contributed by atoms with E-state index in [1.165, 1.54) is 6.07 Å². The van der Waals surface area contributed by atoms with Gasteiger partial charge in [0.2, 0.25) is 0 Å². The first-order chi connectivity index (χ1) is 11.5. The van der Waals surface area contributed by atoms with Crippen LogP contribution in [-0.2, 0) is 0 Å². The highest BCUT2D eigenvalue weighted by molar-refractivity contribution is 5.74. The van der Waals surface area contributed by atoms with Gasteiger partial charge in [-0.05, 0) is 37.3 Å². The molecule has 0 spiro atoms. The number of benzene rings is 1. The van der Waals surface area contributed by atoms with Gasteiger partial charge in [0.05, 0.1) is 5.69 Å². The second kappa shape index (κ2) is 8.87. The van der Waals surface area contributed by atoms with Gasteiger partial charge in [0.25, 0.3) is 0 Å². The Kier molecular flexibility index (Phi) is 6.85. The van der Waals surface area contributed by atoms with Crippen molar-refractivity contribution in [3.63, 3.8) is 0 Å². The van der Waals surface area contributed by atoms with Gasteiger partial charge in [0.1, 0.15) is 5.82 Å². The Bertz CT molecular complexity index is 539. The molecule has 2 atom stereocenters. The number of urea groups is 1. The molecule has 0 saturated carbocycles. The van der Waals surface area contributed by atoms with E-state index in [0.717, 1.165) is 19.4 Å². The van der Waals surface area contributed by atoms with Gasteiger partial charge in [-0.15, -0.1) is 0 Å². The highest BCUT2D eigenvalue weighted by atomic mass is 19.1. The van der Waals surface area contributed by atoms with Crippen LogP contribution in [0.4, 0.5) is 14.9 Å². The molecule has 1 aromatic rings. The zero-order chi connectivity index (χ0) is 17.5. The normalized spacial score (nSPS) is 19.2. The average molecular weight is 337 g/mol. The van der Waals surface area contributed by atoms with E-state index < -0.39 is 0 Å². The molecule has 0 radical (unpaired) electrons. The molecule has 1 heterocycles. The number of hydrogen-bond donors (Lipinski definition) is 3. The van der Waals surface area contributed by atoms with Gasteiger partial charge in [0.15, 0.2) is 0 Å². The lowest BCUT2D eigenvalue weighted by atomic mass is 10.0. The third-order valence-corrected chi connectivity index (χ3v) is 4.51. The number of nitrogens with one attached hydrogen (secondary N) is 2. The Morgan fingerprint density at radius 2 is 2.17 bits per heavy atom. The minimum atomic E-state index is -0.231. The van der Waals surface area contributed by atoms with Gasteiger partial charge < -0.3 is 20.6 Å². The van der Waals surface area contributed by atoms with Crippen LogP contribution in [-0.4, -0.2) is 42.9 Å².